The molecule has 2 aliphatic rings. The highest BCUT2D eigenvalue weighted by Crippen LogP contribution is 2.37. The van der Waals surface area contributed by atoms with Crippen LogP contribution in [0.1, 0.15) is 25.0 Å². The van der Waals surface area contributed by atoms with Crippen LogP contribution in [-0.2, 0) is 16.1 Å². The highest BCUT2D eigenvalue weighted by atomic mass is 32.1. The minimum atomic E-state index is -5.08. The Morgan fingerprint density at radius 3 is 2.60 bits per heavy atom. The van der Waals surface area contributed by atoms with Crippen molar-refractivity contribution >= 4 is 22.4 Å². The molecule has 4 heterocycles. The van der Waals surface area contributed by atoms with Crippen LogP contribution >= 0.6 is 11.3 Å². The Bertz CT molecular complexity index is 797. The standard InChI is InChI=1S/C17H22N4OS.C2HF3O2/c1-2-6-18-14(3-1)12-21-8-4-17(5-9-21)11-15(13-22-17)20-16-19-7-10-23-16;3-2(4,5)1(6)7/h1-3,6-7,10,15H,4-5,8-9,11-13H2,(H,19,20);(H,6,7). The lowest BCUT2D eigenvalue weighted by molar-refractivity contribution is -0.192. The number of likely N-dealkylation sites (tertiary alicyclic amines) is 1. The van der Waals surface area contributed by atoms with Gasteiger partial charge in [-0.3, -0.25) is 9.88 Å². The summed E-state index contributed by atoms with van der Waals surface area (Å²) >= 11 is 1.65. The summed E-state index contributed by atoms with van der Waals surface area (Å²) in [5.41, 5.74) is 1.22. The fourth-order valence-electron chi connectivity index (χ4n) is 3.59. The minimum absolute atomic E-state index is 0.0650. The zero-order chi connectivity index (χ0) is 21.6. The first-order chi connectivity index (χ1) is 14.3. The first-order valence-electron chi connectivity index (χ1n) is 9.48. The number of hydrogen-bond acceptors (Lipinski definition) is 7. The van der Waals surface area contributed by atoms with Crippen molar-refractivity contribution in [3.05, 3.63) is 41.7 Å². The molecule has 2 aromatic rings. The normalized spacial score (nSPS) is 21.1. The summed E-state index contributed by atoms with van der Waals surface area (Å²) in [6.07, 6.45) is 1.93. The molecule has 0 aromatic carbocycles. The van der Waals surface area contributed by atoms with Crippen molar-refractivity contribution in [2.45, 2.75) is 43.6 Å². The summed E-state index contributed by atoms with van der Waals surface area (Å²) in [6.45, 7) is 3.90. The van der Waals surface area contributed by atoms with Gasteiger partial charge < -0.3 is 15.2 Å². The highest BCUT2D eigenvalue weighted by molar-refractivity contribution is 7.13. The maximum atomic E-state index is 10.6. The van der Waals surface area contributed by atoms with E-state index in [0.717, 1.165) is 56.3 Å². The number of aliphatic carboxylic acids is 1. The smallest absolute Gasteiger partial charge is 0.475 e. The molecule has 4 rings (SSSR count). The van der Waals surface area contributed by atoms with Gasteiger partial charge in [-0.05, 0) is 31.4 Å². The molecule has 7 nitrogen and oxygen atoms in total. The molecule has 11 heteroatoms. The van der Waals surface area contributed by atoms with Gasteiger partial charge in [-0.25, -0.2) is 9.78 Å². The summed E-state index contributed by atoms with van der Waals surface area (Å²) in [6, 6.07) is 6.52. The van der Waals surface area contributed by atoms with Gasteiger partial charge in [-0.2, -0.15) is 13.2 Å². The molecule has 0 radical (unpaired) electrons. The number of alkyl halides is 3. The van der Waals surface area contributed by atoms with Crippen molar-refractivity contribution in [3.8, 4) is 0 Å². The van der Waals surface area contributed by atoms with Crippen LogP contribution in [0.15, 0.2) is 36.0 Å². The van der Waals surface area contributed by atoms with Gasteiger partial charge in [-0.1, -0.05) is 6.07 Å². The van der Waals surface area contributed by atoms with Crippen molar-refractivity contribution in [1.29, 1.82) is 0 Å². The molecule has 2 saturated heterocycles. The van der Waals surface area contributed by atoms with Crippen LogP contribution in [0.5, 0.6) is 0 Å². The van der Waals surface area contributed by atoms with Crippen LogP contribution in [-0.4, -0.2) is 63.5 Å². The second kappa shape index (κ2) is 9.71. The van der Waals surface area contributed by atoms with Gasteiger partial charge in [-0.15, -0.1) is 11.3 Å². The van der Waals surface area contributed by atoms with Crippen molar-refractivity contribution in [3.63, 3.8) is 0 Å². The molecule has 2 aromatic heterocycles. The van der Waals surface area contributed by atoms with Crippen LogP contribution in [0.2, 0.25) is 0 Å². The Morgan fingerprint density at radius 2 is 2.03 bits per heavy atom. The number of aromatic nitrogens is 2. The van der Waals surface area contributed by atoms with E-state index in [1.807, 2.05) is 23.8 Å². The molecule has 0 saturated carbocycles. The molecule has 0 bridgehead atoms. The molecule has 1 atom stereocenters. The number of anilines is 1. The number of nitrogens with one attached hydrogen (secondary N) is 1. The summed E-state index contributed by atoms with van der Waals surface area (Å²) in [5, 5.41) is 13.6. The summed E-state index contributed by atoms with van der Waals surface area (Å²) in [5.74, 6) is -2.76. The second-order valence-corrected chi connectivity index (χ2v) is 8.17. The third kappa shape index (κ3) is 6.38. The summed E-state index contributed by atoms with van der Waals surface area (Å²) in [7, 11) is 0. The van der Waals surface area contributed by atoms with Crippen molar-refractivity contribution < 1.29 is 27.8 Å². The first-order valence-corrected chi connectivity index (χ1v) is 10.4. The number of halogens is 3. The average Bonchev–Trinajstić information content (AvgIpc) is 3.35. The Morgan fingerprint density at radius 1 is 1.30 bits per heavy atom. The van der Waals surface area contributed by atoms with E-state index in [-0.39, 0.29) is 5.60 Å². The van der Waals surface area contributed by atoms with Crippen LogP contribution in [0, 0.1) is 0 Å². The van der Waals surface area contributed by atoms with E-state index < -0.39 is 12.1 Å². The van der Waals surface area contributed by atoms with E-state index in [9.17, 15) is 13.2 Å². The number of ether oxygens (including phenoxy) is 1. The third-order valence-electron chi connectivity index (χ3n) is 5.09. The fourth-order valence-corrected chi connectivity index (χ4v) is 4.20. The number of carboxylic acid groups (broad SMARTS) is 1. The molecule has 0 amide bonds. The Labute approximate surface area is 175 Å². The van der Waals surface area contributed by atoms with Gasteiger partial charge >= 0.3 is 12.1 Å². The minimum Gasteiger partial charge on any atom is -0.475 e. The molecule has 2 N–H and O–H groups in total. The number of pyridine rings is 1. The van der Waals surface area contributed by atoms with Crippen LogP contribution in [0.4, 0.5) is 18.3 Å². The molecule has 1 spiro atoms. The third-order valence-corrected chi connectivity index (χ3v) is 5.79. The quantitative estimate of drug-likeness (QED) is 0.747. The zero-order valence-electron chi connectivity index (χ0n) is 16.1. The van der Waals surface area contributed by atoms with Crippen molar-refractivity contribution in [1.82, 2.24) is 14.9 Å². The fraction of sp³-hybridized carbons (Fsp3) is 0.526. The molecular weight excluding hydrogens is 421 g/mol. The van der Waals surface area contributed by atoms with Gasteiger partial charge in [0, 0.05) is 37.4 Å². The van der Waals surface area contributed by atoms with Crippen LogP contribution in [0.3, 0.4) is 0 Å². The van der Waals surface area contributed by atoms with E-state index in [1.165, 1.54) is 0 Å². The summed E-state index contributed by atoms with van der Waals surface area (Å²) < 4.78 is 37.9. The first kappa shape index (κ1) is 22.4. The Kier molecular flexibility index (Phi) is 7.27. The number of carbonyl (C=O) groups is 1. The largest absolute Gasteiger partial charge is 0.490 e. The molecule has 1 unspecified atom stereocenters. The Hall–Kier alpha value is -2.24. The molecule has 0 aliphatic carbocycles. The van der Waals surface area contributed by atoms with E-state index >= 15 is 0 Å². The number of hydrogen-bond donors (Lipinski definition) is 2. The van der Waals surface area contributed by atoms with Crippen LogP contribution in [0.25, 0.3) is 0 Å². The van der Waals surface area contributed by atoms with Gasteiger partial charge in [0.1, 0.15) is 0 Å². The lowest BCUT2D eigenvalue weighted by atomic mass is 9.87. The lowest BCUT2D eigenvalue weighted by Gasteiger charge is -2.38. The number of carboxylic acids is 1. The van der Waals surface area contributed by atoms with Gasteiger partial charge in [0.15, 0.2) is 5.13 Å². The van der Waals surface area contributed by atoms with Gasteiger partial charge in [0.05, 0.1) is 23.9 Å². The SMILES string of the molecule is O=C(O)C(F)(F)F.c1ccc(CN2CCC3(CC2)CC(Nc2nccs2)CO3)nc1. The zero-order valence-corrected chi connectivity index (χ0v) is 17.0. The second-order valence-electron chi connectivity index (χ2n) is 7.28. The maximum absolute atomic E-state index is 10.6. The Balaban J connectivity index is 0.000000318. The number of thiazole rings is 1. The predicted molar refractivity (Wildman–Crippen MR) is 105 cm³/mol. The monoisotopic (exact) mass is 444 g/mol. The van der Waals surface area contributed by atoms with E-state index in [0.29, 0.717) is 6.04 Å². The maximum Gasteiger partial charge on any atom is 0.490 e. The molecule has 164 valence electrons. The number of piperidine rings is 1. The molecular formula is C19H23F3N4O3S. The highest BCUT2D eigenvalue weighted by Gasteiger charge is 2.42. The number of nitrogens with zero attached hydrogens (tertiary/aromatic N) is 3. The lowest BCUT2D eigenvalue weighted by Crippen LogP contribution is -2.44. The van der Waals surface area contributed by atoms with E-state index in [1.54, 1.807) is 11.3 Å². The van der Waals surface area contributed by atoms with Gasteiger partial charge in [0.2, 0.25) is 0 Å². The summed E-state index contributed by atoms with van der Waals surface area (Å²) in [4.78, 5) is 20.1. The molecule has 2 aliphatic heterocycles. The van der Waals surface area contributed by atoms with Crippen LogP contribution < -0.4 is 5.32 Å². The predicted octanol–water partition coefficient (Wildman–Crippen LogP) is 3.41. The molecule has 2 fully saturated rings. The van der Waals surface area contributed by atoms with Gasteiger partial charge in [0.25, 0.3) is 0 Å². The van der Waals surface area contributed by atoms with E-state index in [4.69, 9.17) is 14.6 Å². The topological polar surface area (TPSA) is 87.6 Å². The van der Waals surface area contributed by atoms with E-state index in [2.05, 4.69) is 32.3 Å². The van der Waals surface area contributed by atoms with Crippen molar-refractivity contribution in [2.24, 2.45) is 0 Å². The average molecular weight is 444 g/mol. The number of rotatable bonds is 4. The van der Waals surface area contributed by atoms with Crippen molar-refractivity contribution in [2.75, 3.05) is 25.0 Å². The molecule has 30 heavy (non-hydrogen) atoms.